The van der Waals surface area contributed by atoms with Crippen molar-refractivity contribution in [3.8, 4) is 11.5 Å². The molecule has 0 atom stereocenters. The zero-order valence-electron chi connectivity index (χ0n) is 9.59. The van der Waals surface area contributed by atoms with Crippen LogP contribution in [0.1, 0.15) is 0 Å². The minimum Gasteiger partial charge on any atom is -0.504 e. The van der Waals surface area contributed by atoms with E-state index in [9.17, 15) is 21.9 Å². The van der Waals surface area contributed by atoms with Gasteiger partial charge in [-0.15, -0.1) is 0 Å². The van der Waals surface area contributed by atoms with Gasteiger partial charge in [-0.2, -0.15) is 16.8 Å². The molecule has 0 saturated carbocycles. The average Bonchev–Trinajstić information content (AvgIpc) is 2.29. The van der Waals surface area contributed by atoms with Crippen LogP contribution < -0.4 is 4.18 Å². The maximum atomic E-state index is 11.2. The number of phenolic OH excluding ortho intramolecular Hbond substituents is 1. The highest BCUT2D eigenvalue weighted by molar-refractivity contribution is 7.86. The SMILES string of the molecule is O=S(=O)(O)Oc1ccc2c(S(=O)(=O)O)cccc2c1O. The second-order valence-electron chi connectivity index (χ2n) is 3.75. The fourth-order valence-electron chi connectivity index (χ4n) is 1.70. The molecular weight excluding hydrogens is 312 g/mol. The van der Waals surface area contributed by atoms with E-state index in [2.05, 4.69) is 4.18 Å². The smallest absolute Gasteiger partial charge is 0.446 e. The zero-order chi connectivity index (χ0) is 15.1. The first-order chi connectivity index (χ1) is 9.09. The first-order valence-electron chi connectivity index (χ1n) is 4.99. The fourth-order valence-corrected chi connectivity index (χ4v) is 2.77. The maximum Gasteiger partial charge on any atom is 0.446 e. The molecule has 0 spiro atoms. The first kappa shape index (κ1) is 14.5. The number of hydrogen-bond donors (Lipinski definition) is 3. The van der Waals surface area contributed by atoms with Crippen LogP contribution in [0, 0.1) is 0 Å². The van der Waals surface area contributed by atoms with E-state index >= 15 is 0 Å². The van der Waals surface area contributed by atoms with Gasteiger partial charge in [-0.1, -0.05) is 12.1 Å². The summed E-state index contributed by atoms with van der Waals surface area (Å²) in [7, 11) is -9.35. The van der Waals surface area contributed by atoms with E-state index in [0.29, 0.717) is 0 Å². The summed E-state index contributed by atoms with van der Waals surface area (Å²) >= 11 is 0. The lowest BCUT2D eigenvalue weighted by Gasteiger charge is -2.09. The van der Waals surface area contributed by atoms with Gasteiger partial charge in [0, 0.05) is 10.8 Å². The molecule has 0 aromatic heterocycles. The maximum absolute atomic E-state index is 11.2. The van der Waals surface area contributed by atoms with Crippen molar-refractivity contribution >= 4 is 31.3 Å². The zero-order valence-corrected chi connectivity index (χ0v) is 11.2. The van der Waals surface area contributed by atoms with Gasteiger partial charge >= 0.3 is 10.4 Å². The largest absolute Gasteiger partial charge is 0.504 e. The molecule has 2 rings (SSSR count). The average molecular weight is 320 g/mol. The van der Waals surface area contributed by atoms with Gasteiger partial charge in [0.1, 0.15) is 4.90 Å². The minimum atomic E-state index is -4.83. The van der Waals surface area contributed by atoms with Gasteiger partial charge in [-0.3, -0.25) is 9.11 Å². The summed E-state index contributed by atoms with van der Waals surface area (Å²) in [5.74, 6) is -1.27. The van der Waals surface area contributed by atoms with Crippen LogP contribution >= 0.6 is 0 Å². The number of hydrogen-bond acceptors (Lipinski definition) is 6. The molecule has 0 heterocycles. The van der Waals surface area contributed by atoms with E-state index < -0.39 is 36.9 Å². The van der Waals surface area contributed by atoms with Gasteiger partial charge in [0.05, 0.1) is 0 Å². The summed E-state index contributed by atoms with van der Waals surface area (Å²) in [6.45, 7) is 0. The molecular formula is C10H8O8S2. The van der Waals surface area contributed by atoms with Crippen LogP contribution in [0.3, 0.4) is 0 Å². The second kappa shape index (κ2) is 4.59. The van der Waals surface area contributed by atoms with Crippen molar-refractivity contribution in [2.45, 2.75) is 4.90 Å². The van der Waals surface area contributed by atoms with Crippen molar-refractivity contribution in [1.82, 2.24) is 0 Å². The number of rotatable bonds is 3. The quantitative estimate of drug-likeness (QED) is 0.711. The Bertz CT molecular complexity index is 883. The topological polar surface area (TPSA) is 138 Å². The van der Waals surface area contributed by atoms with E-state index in [1.54, 1.807) is 0 Å². The predicted molar refractivity (Wildman–Crippen MR) is 67.6 cm³/mol. The Morgan fingerprint density at radius 3 is 2.10 bits per heavy atom. The summed E-state index contributed by atoms with van der Waals surface area (Å²) in [6, 6.07) is 5.71. The van der Waals surface area contributed by atoms with Gasteiger partial charge in [0.2, 0.25) is 0 Å². The lowest BCUT2D eigenvalue weighted by molar-refractivity contribution is 0.372. The van der Waals surface area contributed by atoms with Crippen LogP contribution in [0.15, 0.2) is 35.2 Å². The highest BCUT2D eigenvalue weighted by atomic mass is 32.3. The third-order valence-electron chi connectivity index (χ3n) is 2.43. The van der Waals surface area contributed by atoms with Crippen LogP contribution in [-0.2, 0) is 20.5 Å². The molecule has 10 heteroatoms. The molecule has 0 aliphatic rings. The molecule has 0 aliphatic carbocycles. The van der Waals surface area contributed by atoms with Crippen molar-refractivity contribution in [2.24, 2.45) is 0 Å². The van der Waals surface area contributed by atoms with Crippen molar-refractivity contribution in [3.63, 3.8) is 0 Å². The number of aromatic hydroxyl groups is 1. The Balaban J connectivity index is 2.77. The molecule has 0 unspecified atom stereocenters. The van der Waals surface area contributed by atoms with Gasteiger partial charge in [0.25, 0.3) is 10.1 Å². The molecule has 0 radical (unpaired) electrons. The molecule has 2 aromatic rings. The normalized spacial score (nSPS) is 12.5. The number of benzene rings is 2. The van der Waals surface area contributed by atoms with Gasteiger partial charge in [-0.05, 0) is 18.2 Å². The van der Waals surface area contributed by atoms with Crippen molar-refractivity contribution < 1.29 is 35.2 Å². The molecule has 0 aliphatic heterocycles. The predicted octanol–water partition coefficient (Wildman–Crippen LogP) is 0.974. The van der Waals surface area contributed by atoms with E-state index in [1.165, 1.54) is 12.1 Å². The standard InChI is InChI=1S/C10H8O8S2/c11-10-7-2-1-3-9(19(12,13)14)6(7)4-5-8(10)18-20(15,16)17/h1-5,11H,(H,12,13,14)(H,15,16,17). The lowest BCUT2D eigenvalue weighted by Crippen LogP contribution is -2.07. The summed E-state index contributed by atoms with van der Waals surface area (Å²) in [4.78, 5) is -0.455. The van der Waals surface area contributed by atoms with E-state index in [0.717, 1.165) is 18.2 Å². The van der Waals surface area contributed by atoms with Crippen LogP contribution in [0.5, 0.6) is 11.5 Å². The Hall–Kier alpha value is -1.88. The Morgan fingerprint density at radius 2 is 1.55 bits per heavy atom. The van der Waals surface area contributed by atoms with E-state index in [-0.39, 0.29) is 10.8 Å². The molecule has 2 aromatic carbocycles. The van der Waals surface area contributed by atoms with Gasteiger partial charge < -0.3 is 9.29 Å². The van der Waals surface area contributed by atoms with Crippen molar-refractivity contribution in [2.75, 3.05) is 0 Å². The Kier molecular flexibility index (Phi) is 3.34. The van der Waals surface area contributed by atoms with Crippen LogP contribution in [-0.4, -0.2) is 31.0 Å². The van der Waals surface area contributed by atoms with Crippen LogP contribution in [0.25, 0.3) is 10.8 Å². The Labute approximate surface area is 113 Å². The molecule has 108 valence electrons. The minimum absolute atomic E-state index is 0.0322. The van der Waals surface area contributed by atoms with Crippen LogP contribution in [0.4, 0.5) is 0 Å². The summed E-state index contributed by atoms with van der Waals surface area (Å²) < 4.78 is 65.3. The molecule has 0 saturated heterocycles. The van der Waals surface area contributed by atoms with Gasteiger partial charge in [0.15, 0.2) is 11.5 Å². The summed E-state index contributed by atoms with van der Waals surface area (Å²) in [6.07, 6.45) is 0. The molecule has 3 N–H and O–H groups in total. The molecule has 0 bridgehead atoms. The van der Waals surface area contributed by atoms with Crippen molar-refractivity contribution in [3.05, 3.63) is 30.3 Å². The fraction of sp³-hybridized carbons (Fsp3) is 0. The molecule has 20 heavy (non-hydrogen) atoms. The van der Waals surface area contributed by atoms with Crippen LogP contribution in [0.2, 0.25) is 0 Å². The molecule has 0 amide bonds. The number of phenols is 1. The lowest BCUT2D eigenvalue weighted by atomic mass is 10.1. The number of fused-ring (bicyclic) bond motifs is 1. The summed E-state index contributed by atoms with van der Waals surface area (Å²) in [5, 5.41) is 9.73. The van der Waals surface area contributed by atoms with Crippen molar-refractivity contribution in [1.29, 1.82) is 0 Å². The van der Waals surface area contributed by atoms with Gasteiger partial charge in [-0.25, -0.2) is 0 Å². The molecule has 0 fully saturated rings. The monoisotopic (exact) mass is 320 g/mol. The van der Waals surface area contributed by atoms with E-state index in [4.69, 9.17) is 9.11 Å². The molecule has 8 nitrogen and oxygen atoms in total. The third kappa shape index (κ3) is 2.82. The second-order valence-corrected chi connectivity index (χ2v) is 6.16. The summed E-state index contributed by atoms with van der Waals surface area (Å²) in [5.41, 5.74) is 0. The first-order valence-corrected chi connectivity index (χ1v) is 7.79. The highest BCUT2D eigenvalue weighted by Gasteiger charge is 2.19. The highest BCUT2D eigenvalue weighted by Crippen LogP contribution is 2.37. The Morgan fingerprint density at radius 1 is 0.900 bits per heavy atom. The third-order valence-corrected chi connectivity index (χ3v) is 3.73. The van der Waals surface area contributed by atoms with E-state index in [1.807, 2.05) is 0 Å².